The van der Waals surface area contributed by atoms with Gasteiger partial charge in [-0.25, -0.2) is 0 Å². The van der Waals surface area contributed by atoms with Gasteiger partial charge in [0.05, 0.1) is 0 Å². The number of aromatic hydroxyl groups is 1. The lowest BCUT2D eigenvalue weighted by atomic mass is 9.90. The van der Waals surface area contributed by atoms with Gasteiger partial charge in [-0.15, -0.1) is 0 Å². The van der Waals surface area contributed by atoms with Gasteiger partial charge in [-0.3, -0.25) is 4.79 Å². The number of rotatable bonds is 4. The monoisotopic (exact) mass is 401 g/mol. The highest BCUT2D eigenvalue weighted by Crippen LogP contribution is 2.37. The van der Waals surface area contributed by atoms with Crippen LogP contribution in [0.2, 0.25) is 0 Å². The first-order valence-corrected chi connectivity index (χ1v) is 10.1. The molecule has 2 fully saturated rings. The van der Waals surface area contributed by atoms with Crippen LogP contribution in [0.1, 0.15) is 59.2 Å². The second-order valence-corrected chi connectivity index (χ2v) is 7.89. The predicted octanol–water partition coefficient (Wildman–Crippen LogP) is 2.76. The Morgan fingerprint density at radius 1 is 1.24 bits per heavy atom. The second-order valence-electron chi connectivity index (χ2n) is 7.89. The van der Waals surface area contributed by atoms with E-state index in [9.17, 15) is 9.90 Å². The number of aryl methyl sites for hydroxylation is 1. The molecule has 0 atom stereocenters. The van der Waals surface area contributed by atoms with E-state index in [4.69, 9.17) is 14.0 Å². The van der Waals surface area contributed by atoms with Crippen LogP contribution >= 0.6 is 0 Å². The molecule has 156 valence electrons. The average molecular weight is 401 g/mol. The van der Waals surface area contributed by atoms with E-state index in [1.54, 1.807) is 24.1 Å². The Morgan fingerprint density at radius 2 is 1.97 bits per heavy atom. The molecule has 3 heterocycles. The molecule has 1 amide bonds. The second kappa shape index (κ2) is 8.12. The van der Waals surface area contributed by atoms with E-state index < -0.39 is 5.60 Å². The summed E-state index contributed by atoms with van der Waals surface area (Å²) in [6, 6.07) is 4.93. The number of hydrogen-bond acceptors (Lipinski definition) is 7. The molecule has 4 rings (SSSR count). The quantitative estimate of drug-likeness (QED) is 0.841. The van der Waals surface area contributed by atoms with E-state index in [0.29, 0.717) is 43.2 Å². The number of amides is 1. The number of benzene rings is 1. The molecule has 2 aromatic rings. The zero-order valence-electron chi connectivity index (χ0n) is 16.9. The smallest absolute Gasteiger partial charge is 0.259 e. The first-order valence-electron chi connectivity index (χ1n) is 10.1. The third-order valence-electron chi connectivity index (χ3n) is 5.98. The van der Waals surface area contributed by atoms with Crippen molar-refractivity contribution < 1.29 is 23.9 Å². The normalized spacial score (nSPS) is 20.0. The fourth-order valence-corrected chi connectivity index (χ4v) is 4.19. The van der Waals surface area contributed by atoms with E-state index in [-0.39, 0.29) is 17.6 Å². The number of carbonyl (C=O) groups is 1. The molecule has 1 aromatic heterocycles. The highest BCUT2D eigenvalue weighted by atomic mass is 16.5. The van der Waals surface area contributed by atoms with Crippen molar-refractivity contribution in [3.63, 3.8) is 0 Å². The standard InChI is InChI=1S/C21H27N3O5/c1-14-11-16(13-17(25)12-14)19(26)24-7-5-21(27-2,6-8-24)20-22-18(23-29-20)15-3-9-28-10-4-15/h11-13,15,25H,3-10H2,1-2H3. The molecule has 8 nitrogen and oxygen atoms in total. The maximum absolute atomic E-state index is 12.9. The summed E-state index contributed by atoms with van der Waals surface area (Å²) in [5.41, 5.74) is 0.664. The summed E-state index contributed by atoms with van der Waals surface area (Å²) in [4.78, 5) is 19.3. The van der Waals surface area contributed by atoms with Crippen molar-refractivity contribution in [2.75, 3.05) is 33.4 Å². The minimum Gasteiger partial charge on any atom is -0.508 e. The average Bonchev–Trinajstić information content (AvgIpc) is 3.24. The fraction of sp³-hybridized carbons (Fsp3) is 0.571. The fourth-order valence-electron chi connectivity index (χ4n) is 4.19. The van der Waals surface area contributed by atoms with Gasteiger partial charge in [0.25, 0.3) is 11.8 Å². The Hall–Kier alpha value is -2.45. The molecule has 0 spiro atoms. The van der Waals surface area contributed by atoms with Crippen LogP contribution < -0.4 is 0 Å². The minimum atomic E-state index is -0.679. The predicted molar refractivity (Wildman–Crippen MR) is 104 cm³/mol. The molecule has 0 radical (unpaired) electrons. The lowest BCUT2D eigenvalue weighted by molar-refractivity contribution is -0.0779. The molecule has 8 heteroatoms. The number of carbonyl (C=O) groups excluding carboxylic acids is 1. The number of hydrogen-bond donors (Lipinski definition) is 1. The van der Waals surface area contributed by atoms with Gasteiger partial charge in [0, 0.05) is 57.7 Å². The SMILES string of the molecule is COC1(c2nc(C3CCOCC3)no2)CCN(C(=O)c2cc(C)cc(O)c2)CC1. The zero-order chi connectivity index (χ0) is 20.4. The van der Waals surface area contributed by atoms with Gasteiger partial charge < -0.3 is 24.0 Å². The van der Waals surface area contributed by atoms with E-state index >= 15 is 0 Å². The molecular formula is C21H27N3O5. The number of likely N-dealkylation sites (tertiary alicyclic amines) is 1. The van der Waals surface area contributed by atoms with Crippen molar-refractivity contribution in [3.8, 4) is 5.75 Å². The number of piperidine rings is 1. The van der Waals surface area contributed by atoms with Crippen molar-refractivity contribution in [3.05, 3.63) is 41.0 Å². The van der Waals surface area contributed by atoms with Crippen molar-refractivity contribution >= 4 is 5.91 Å². The first kappa shape index (κ1) is 19.8. The highest BCUT2D eigenvalue weighted by Gasteiger charge is 2.43. The highest BCUT2D eigenvalue weighted by molar-refractivity contribution is 5.94. The van der Waals surface area contributed by atoms with Crippen molar-refractivity contribution in [2.45, 2.75) is 44.1 Å². The van der Waals surface area contributed by atoms with Gasteiger partial charge in [-0.1, -0.05) is 5.16 Å². The Balaban J connectivity index is 1.46. The van der Waals surface area contributed by atoms with E-state index in [1.165, 1.54) is 6.07 Å². The summed E-state index contributed by atoms with van der Waals surface area (Å²) in [7, 11) is 1.65. The molecule has 2 aliphatic rings. The summed E-state index contributed by atoms with van der Waals surface area (Å²) in [5, 5.41) is 14.0. The van der Waals surface area contributed by atoms with Gasteiger partial charge in [0.15, 0.2) is 5.82 Å². The summed E-state index contributed by atoms with van der Waals surface area (Å²) in [5.74, 6) is 1.46. The van der Waals surface area contributed by atoms with Crippen LogP contribution in [0.25, 0.3) is 0 Å². The molecule has 0 bridgehead atoms. The van der Waals surface area contributed by atoms with E-state index in [1.807, 2.05) is 6.92 Å². The number of methoxy groups -OCH3 is 1. The maximum Gasteiger partial charge on any atom is 0.259 e. The van der Waals surface area contributed by atoms with Crippen LogP contribution in [0.4, 0.5) is 0 Å². The first-order chi connectivity index (χ1) is 14.0. The molecule has 0 aliphatic carbocycles. The Labute approximate surface area is 169 Å². The maximum atomic E-state index is 12.9. The van der Waals surface area contributed by atoms with Crippen LogP contribution in [0.5, 0.6) is 5.75 Å². The van der Waals surface area contributed by atoms with Gasteiger partial charge in [0.2, 0.25) is 0 Å². The summed E-state index contributed by atoms with van der Waals surface area (Å²) in [6.45, 7) is 4.31. The number of phenolic OH excluding ortho intramolecular Hbond substituents is 1. The Morgan fingerprint density at radius 3 is 2.62 bits per heavy atom. The number of phenols is 1. The van der Waals surface area contributed by atoms with Crippen molar-refractivity contribution in [1.29, 1.82) is 0 Å². The summed E-state index contributed by atoms with van der Waals surface area (Å²) in [6.07, 6.45) is 2.93. The molecule has 0 unspecified atom stereocenters. The zero-order valence-corrected chi connectivity index (χ0v) is 16.9. The Bertz CT molecular complexity index is 847. The van der Waals surface area contributed by atoms with Crippen LogP contribution in [-0.2, 0) is 15.1 Å². The van der Waals surface area contributed by atoms with Crippen molar-refractivity contribution in [2.24, 2.45) is 0 Å². The molecule has 1 aromatic carbocycles. The number of aromatic nitrogens is 2. The van der Waals surface area contributed by atoms with Crippen LogP contribution in [0, 0.1) is 6.92 Å². The largest absolute Gasteiger partial charge is 0.508 e. The Kier molecular flexibility index (Phi) is 5.56. The van der Waals surface area contributed by atoms with Crippen molar-refractivity contribution in [1.82, 2.24) is 15.0 Å². The van der Waals surface area contributed by atoms with Gasteiger partial charge in [-0.2, -0.15) is 4.98 Å². The molecule has 29 heavy (non-hydrogen) atoms. The number of nitrogens with zero attached hydrogens (tertiary/aromatic N) is 3. The number of ether oxygens (including phenoxy) is 2. The molecule has 2 aliphatic heterocycles. The third kappa shape index (κ3) is 4.00. The lowest BCUT2D eigenvalue weighted by Gasteiger charge is -2.38. The third-order valence-corrected chi connectivity index (χ3v) is 5.98. The van der Waals surface area contributed by atoms with Crippen LogP contribution in [0.3, 0.4) is 0 Å². The van der Waals surface area contributed by atoms with Gasteiger partial charge in [0.1, 0.15) is 11.4 Å². The summed E-state index contributed by atoms with van der Waals surface area (Å²) >= 11 is 0. The van der Waals surface area contributed by atoms with Gasteiger partial charge in [-0.05, 0) is 43.5 Å². The topological polar surface area (TPSA) is 97.9 Å². The van der Waals surface area contributed by atoms with Crippen LogP contribution in [0.15, 0.2) is 22.7 Å². The summed E-state index contributed by atoms with van der Waals surface area (Å²) < 4.78 is 16.8. The minimum absolute atomic E-state index is 0.0953. The lowest BCUT2D eigenvalue weighted by Crippen LogP contribution is -2.46. The van der Waals surface area contributed by atoms with Crippen LogP contribution in [-0.4, -0.2) is 59.5 Å². The van der Waals surface area contributed by atoms with E-state index in [0.717, 1.165) is 31.6 Å². The molecule has 2 saturated heterocycles. The molecular weight excluding hydrogens is 374 g/mol. The molecule has 1 N–H and O–H groups in total. The molecule has 0 saturated carbocycles. The van der Waals surface area contributed by atoms with Gasteiger partial charge >= 0.3 is 0 Å². The van der Waals surface area contributed by atoms with E-state index in [2.05, 4.69) is 10.1 Å².